The number of amidine groups is 1. The molecule has 0 radical (unpaired) electrons. The Bertz CT molecular complexity index is 1060. The molecule has 152 valence electrons. The molecule has 2 heterocycles. The second-order valence-corrected chi connectivity index (χ2v) is 11.4. The van der Waals surface area contributed by atoms with Crippen molar-refractivity contribution < 1.29 is 17.9 Å². The smallest absolute Gasteiger partial charge is 0.285 e. The van der Waals surface area contributed by atoms with Crippen molar-refractivity contribution in [3.63, 3.8) is 0 Å². The zero-order valence-corrected chi connectivity index (χ0v) is 19.0. The summed E-state index contributed by atoms with van der Waals surface area (Å²) in [6.07, 6.45) is 0. The van der Waals surface area contributed by atoms with Gasteiger partial charge in [0, 0.05) is 20.4 Å². The largest absolute Gasteiger partial charge is 0.484 e. The van der Waals surface area contributed by atoms with E-state index < -0.39 is 15.7 Å². The van der Waals surface area contributed by atoms with Crippen LogP contribution >= 0.6 is 39.3 Å². The quantitative estimate of drug-likeness (QED) is 0.617. The van der Waals surface area contributed by atoms with Crippen molar-refractivity contribution in [3.8, 4) is 5.75 Å². The SMILES string of the molecule is O=C(COc1ccc(Cl)cc1)N=C1S[C@@H]2CS(=O)(=O)C[C@H]2N1c1ccc(Br)cc1. The van der Waals surface area contributed by atoms with E-state index in [1.165, 1.54) is 11.8 Å². The monoisotopic (exact) mass is 514 g/mol. The Morgan fingerprint density at radius 3 is 2.55 bits per heavy atom. The molecule has 6 nitrogen and oxygen atoms in total. The number of aliphatic imine (C=N–C) groups is 1. The van der Waals surface area contributed by atoms with Gasteiger partial charge in [-0.3, -0.25) is 4.79 Å². The summed E-state index contributed by atoms with van der Waals surface area (Å²) >= 11 is 10.6. The summed E-state index contributed by atoms with van der Waals surface area (Å²) < 4.78 is 30.6. The predicted molar refractivity (Wildman–Crippen MR) is 120 cm³/mol. The van der Waals surface area contributed by atoms with Crippen LogP contribution in [0.4, 0.5) is 5.69 Å². The first-order valence-electron chi connectivity index (χ1n) is 8.72. The second kappa shape index (κ2) is 8.29. The zero-order chi connectivity index (χ0) is 20.6. The third-order valence-electron chi connectivity index (χ3n) is 4.57. The molecule has 2 aliphatic rings. The van der Waals surface area contributed by atoms with E-state index in [2.05, 4.69) is 20.9 Å². The Morgan fingerprint density at radius 2 is 1.86 bits per heavy atom. The number of amides is 1. The van der Waals surface area contributed by atoms with Gasteiger partial charge in [0.15, 0.2) is 21.6 Å². The van der Waals surface area contributed by atoms with E-state index in [1.54, 1.807) is 24.3 Å². The van der Waals surface area contributed by atoms with E-state index in [0.29, 0.717) is 15.9 Å². The zero-order valence-electron chi connectivity index (χ0n) is 15.0. The van der Waals surface area contributed by atoms with Gasteiger partial charge in [-0.2, -0.15) is 4.99 Å². The molecule has 0 unspecified atom stereocenters. The molecule has 0 bridgehead atoms. The topological polar surface area (TPSA) is 76.0 Å². The molecule has 2 aromatic carbocycles. The summed E-state index contributed by atoms with van der Waals surface area (Å²) in [6, 6.07) is 14.0. The maximum absolute atomic E-state index is 12.4. The molecule has 4 rings (SSSR count). The van der Waals surface area contributed by atoms with Gasteiger partial charge in [0.1, 0.15) is 5.75 Å². The van der Waals surface area contributed by atoms with Gasteiger partial charge in [-0.25, -0.2) is 8.42 Å². The van der Waals surface area contributed by atoms with Gasteiger partial charge < -0.3 is 9.64 Å². The van der Waals surface area contributed by atoms with Gasteiger partial charge in [-0.15, -0.1) is 0 Å². The molecule has 2 fully saturated rings. The van der Waals surface area contributed by atoms with Crippen LogP contribution in [0.25, 0.3) is 0 Å². The number of fused-ring (bicyclic) bond motifs is 1. The summed E-state index contributed by atoms with van der Waals surface area (Å²) in [4.78, 5) is 18.5. The fourth-order valence-electron chi connectivity index (χ4n) is 3.28. The molecule has 0 spiro atoms. The van der Waals surface area contributed by atoms with Crippen molar-refractivity contribution in [3.05, 3.63) is 58.0 Å². The van der Waals surface area contributed by atoms with Crippen LogP contribution in [0.1, 0.15) is 0 Å². The second-order valence-electron chi connectivity index (χ2n) is 6.68. The van der Waals surface area contributed by atoms with Crippen molar-refractivity contribution >= 4 is 65.9 Å². The molecule has 2 aliphatic heterocycles. The van der Waals surface area contributed by atoms with Crippen LogP contribution in [0.15, 0.2) is 58.0 Å². The summed E-state index contributed by atoms with van der Waals surface area (Å²) in [5.74, 6) is 0.223. The highest BCUT2D eigenvalue weighted by Gasteiger charge is 2.49. The number of hydrogen-bond acceptors (Lipinski definition) is 5. The van der Waals surface area contributed by atoms with Crippen molar-refractivity contribution in [2.45, 2.75) is 11.3 Å². The number of nitrogens with zero attached hydrogens (tertiary/aromatic N) is 2. The molecule has 0 aliphatic carbocycles. The number of sulfone groups is 1. The molecule has 0 N–H and O–H groups in total. The lowest BCUT2D eigenvalue weighted by Crippen LogP contribution is -2.37. The van der Waals surface area contributed by atoms with Crippen LogP contribution < -0.4 is 9.64 Å². The van der Waals surface area contributed by atoms with Gasteiger partial charge in [-0.05, 0) is 48.5 Å². The van der Waals surface area contributed by atoms with Crippen LogP contribution in [0.3, 0.4) is 0 Å². The fourth-order valence-corrected chi connectivity index (χ4v) is 7.60. The molecule has 1 amide bonds. The first-order valence-corrected chi connectivity index (χ1v) is 12.6. The maximum atomic E-state index is 12.4. The van der Waals surface area contributed by atoms with Crippen LogP contribution in [-0.4, -0.2) is 48.9 Å². The van der Waals surface area contributed by atoms with Crippen LogP contribution in [-0.2, 0) is 14.6 Å². The molecule has 2 atom stereocenters. The number of anilines is 1. The van der Waals surface area contributed by atoms with E-state index in [-0.39, 0.29) is 29.4 Å². The van der Waals surface area contributed by atoms with E-state index in [9.17, 15) is 13.2 Å². The maximum Gasteiger partial charge on any atom is 0.285 e. The molecule has 2 aromatic rings. The summed E-state index contributed by atoms with van der Waals surface area (Å²) in [7, 11) is -3.10. The summed E-state index contributed by atoms with van der Waals surface area (Å²) in [6.45, 7) is -0.215. The van der Waals surface area contributed by atoms with Gasteiger partial charge in [0.25, 0.3) is 5.91 Å². The fraction of sp³-hybridized carbons (Fsp3) is 0.263. The molecular formula is C19H16BrClN2O4S2. The highest BCUT2D eigenvalue weighted by atomic mass is 79.9. The summed E-state index contributed by atoms with van der Waals surface area (Å²) in [5, 5.41) is 0.937. The highest BCUT2D eigenvalue weighted by molar-refractivity contribution is 9.10. The molecular weight excluding hydrogens is 500 g/mol. The lowest BCUT2D eigenvalue weighted by molar-refractivity contribution is -0.119. The standard InChI is InChI=1S/C19H16BrClN2O4S2/c20-12-1-5-14(6-2-12)23-16-10-29(25,26)11-17(16)28-19(23)22-18(24)9-27-15-7-3-13(21)4-8-15/h1-8,16-17H,9-11H2/t16-,17-/m1/s1. The molecule has 29 heavy (non-hydrogen) atoms. The Hall–Kier alpha value is -1.55. The van der Waals surface area contributed by atoms with Crippen molar-refractivity contribution in [2.75, 3.05) is 23.0 Å². The van der Waals surface area contributed by atoms with Crippen LogP contribution in [0.5, 0.6) is 5.75 Å². The average molecular weight is 516 g/mol. The Morgan fingerprint density at radius 1 is 1.17 bits per heavy atom. The van der Waals surface area contributed by atoms with E-state index >= 15 is 0 Å². The number of halogens is 2. The molecule has 10 heteroatoms. The van der Waals surface area contributed by atoms with E-state index in [4.69, 9.17) is 16.3 Å². The number of thioether (sulfide) groups is 1. The first kappa shape index (κ1) is 20.7. The third kappa shape index (κ3) is 4.79. The molecule has 0 saturated carbocycles. The number of hydrogen-bond donors (Lipinski definition) is 0. The predicted octanol–water partition coefficient (Wildman–Crippen LogP) is 3.78. The van der Waals surface area contributed by atoms with E-state index in [0.717, 1.165) is 10.2 Å². The van der Waals surface area contributed by atoms with Crippen LogP contribution in [0.2, 0.25) is 5.02 Å². The van der Waals surface area contributed by atoms with Crippen LogP contribution in [0, 0.1) is 0 Å². The van der Waals surface area contributed by atoms with Gasteiger partial charge in [-0.1, -0.05) is 39.3 Å². The highest BCUT2D eigenvalue weighted by Crippen LogP contribution is 2.41. The normalized spacial score (nSPS) is 23.9. The van der Waals surface area contributed by atoms with Crippen molar-refractivity contribution in [1.29, 1.82) is 0 Å². The van der Waals surface area contributed by atoms with Crippen molar-refractivity contribution in [2.24, 2.45) is 4.99 Å². The number of benzene rings is 2. The third-order valence-corrected chi connectivity index (χ3v) is 8.56. The van der Waals surface area contributed by atoms with Crippen molar-refractivity contribution in [1.82, 2.24) is 0 Å². The number of carbonyl (C=O) groups excluding carboxylic acids is 1. The number of ether oxygens (including phenoxy) is 1. The van der Waals surface area contributed by atoms with Gasteiger partial charge in [0.2, 0.25) is 0 Å². The minimum Gasteiger partial charge on any atom is -0.484 e. The minimum absolute atomic E-state index is 0.0508. The average Bonchev–Trinajstić information content (AvgIpc) is 3.13. The van der Waals surface area contributed by atoms with Gasteiger partial charge >= 0.3 is 0 Å². The first-order chi connectivity index (χ1) is 13.8. The molecule has 2 saturated heterocycles. The number of carbonyl (C=O) groups is 1. The summed E-state index contributed by atoms with van der Waals surface area (Å²) in [5.41, 5.74) is 0.801. The minimum atomic E-state index is -3.10. The van der Waals surface area contributed by atoms with E-state index in [1.807, 2.05) is 29.2 Å². The molecule has 0 aromatic heterocycles. The van der Waals surface area contributed by atoms with Gasteiger partial charge in [0.05, 0.1) is 17.5 Å². The number of rotatable bonds is 4. The Labute approximate surface area is 186 Å². The lowest BCUT2D eigenvalue weighted by Gasteiger charge is -2.24. The Balaban J connectivity index is 1.54. The lowest BCUT2D eigenvalue weighted by atomic mass is 10.2. The Kier molecular flexibility index (Phi) is 5.92.